The van der Waals surface area contributed by atoms with Gasteiger partial charge in [-0.2, -0.15) is 0 Å². The third-order valence-electron chi connectivity index (χ3n) is 3.91. The van der Waals surface area contributed by atoms with Crippen LogP contribution in [-0.2, 0) is 6.54 Å². The summed E-state index contributed by atoms with van der Waals surface area (Å²) in [6.45, 7) is 9.38. The molecule has 1 heterocycles. The van der Waals surface area contributed by atoms with Gasteiger partial charge in [-0.1, -0.05) is 12.1 Å². The second-order valence-electron chi connectivity index (χ2n) is 7.03. The molecule has 1 fully saturated rings. The van der Waals surface area contributed by atoms with E-state index in [1.165, 1.54) is 31.5 Å². The van der Waals surface area contributed by atoms with E-state index in [9.17, 15) is 5.11 Å². The molecule has 1 aromatic carbocycles. The van der Waals surface area contributed by atoms with Crippen molar-refractivity contribution >= 4 is 0 Å². The molecule has 0 spiro atoms. The van der Waals surface area contributed by atoms with Crippen molar-refractivity contribution in [1.29, 1.82) is 0 Å². The molecule has 0 bridgehead atoms. The molecule has 4 heteroatoms. The van der Waals surface area contributed by atoms with Crippen LogP contribution in [0, 0.1) is 0 Å². The van der Waals surface area contributed by atoms with Gasteiger partial charge in [-0.3, -0.25) is 9.80 Å². The molecule has 1 aliphatic rings. The molecule has 0 atom stereocenters. The minimum absolute atomic E-state index is 0.654. The van der Waals surface area contributed by atoms with Crippen LogP contribution in [0.5, 0.6) is 5.75 Å². The summed E-state index contributed by atoms with van der Waals surface area (Å²) in [5, 5.41) is 9.83. The molecule has 2 rings (SSSR count). The SMILES string of the molecule is CN(Cc1ccc(OCCN2CCCC2)cc1)CC(C)(C)O. The first-order valence-electron chi connectivity index (χ1n) is 8.27. The lowest BCUT2D eigenvalue weighted by Gasteiger charge is -2.25. The Morgan fingerprint density at radius 1 is 1.18 bits per heavy atom. The number of benzene rings is 1. The molecular formula is C18H30N2O2. The van der Waals surface area contributed by atoms with Gasteiger partial charge in [0, 0.05) is 19.6 Å². The van der Waals surface area contributed by atoms with Gasteiger partial charge in [-0.05, 0) is 64.5 Å². The van der Waals surface area contributed by atoms with Crippen LogP contribution in [0.4, 0.5) is 0 Å². The van der Waals surface area contributed by atoms with Crippen molar-refractivity contribution in [3.63, 3.8) is 0 Å². The summed E-state index contributed by atoms with van der Waals surface area (Å²) in [5.41, 5.74) is 0.576. The average Bonchev–Trinajstić information content (AvgIpc) is 2.92. The summed E-state index contributed by atoms with van der Waals surface area (Å²) in [5.74, 6) is 0.938. The molecule has 22 heavy (non-hydrogen) atoms. The van der Waals surface area contributed by atoms with E-state index in [2.05, 4.69) is 21.9 Å². The van der Waals surface area contributed by atoms with Gasteiger partial charge in [-0.15, -0.1) is 0 Å². The fourth-order valence-electron chi connectivity index (χ4n) is 3.02. The smallest absolute Gasteiger partial charge is 0.119 e. The Bertz CT molecular complexity index is 433. The molecule has 0 amide bonds. The van der Waals surface area contributed by atoms with Gasteiger partial charge in [0.05, 0.1) is 5.60 Å². The third kappa shape index (κ3) is 6.34. The maximum absolute atomic E-state index is 9.83. The molecule has 0 aromatic heterocycles. The van der Waals surface area contributed by atoms with Gasteiger partial charge in [0.15, 0.2) is 0 Å². The van der Waals surface area contributed by atoms with Gasteiger partial charge in [0.25, 0.3) is 0 Å². The Balaban J connectivity index is 1.72. The van der Waals surface area contributed by atoms with Crippen molar-refractivity contribution < 1.29 is 9.84 Å². The Labute approximate surface area is 134 Å². The first-order valence-corrected chi connectivity index (χ1v) is 8.27. The van der Waals surface area contributed by atoms with Crippen LogP contribution >= 0.6 is 0 Å². The summed E-state index contributed by atoms with van der Waals surface area (Å²) in [6, 6.07) is 8.28. The van der Waals surface area contributed by atoms with E-state index in [1.54, 1.807) is 0 Å². The Morgan fingerprint density at radius 2 is 1.82 bits per heavy atom. The van der Waals surface area contributed by atoms with E-state index in [0.717, 1.165) is 25.4 Å². The second kappa shape index (κ2) is 7.95. The quantitative estimate of drug-likeness (QED) is 0.800. The molecule has 1 aliphatic heterocycles. The zero-order valence-electron chi connectivity index (χ0n) is 14.2. The summed E-state index contributed by atoms with van der Waals surface area (Å²) < 4.78 is 5.81. The maximum Gasteiger partial charge on any atom is 0.119 e. The number of nitrogens with zero attached hydrogens (tertiary/aromatic N) is 2. The molecule has 1 saturated heterocycles. The lowest BCUT2D eigenvalue weighted by atomic mass is 10.1. The number of rotatable bonds is 8. The fourth-order valence-corrected chi connectivity index (χ4v) is 3.02. The normalized spacial score (nSPS) is 16.4. The van der Waals surface area contributed by atoms with Crippen molar-refractivity contribution in [2.75, 3.05) is 39.8 Å². The van der Waals surface area contributed by atoms with Gasteiger partial charge >= 0.3 is 0 Å². The highest BCUT2D eigenvalue weighted by molar-refractivity contribution is 5.27. The zero-order chi connectivity index (χ0) is 16.0. The maximum atomic E-state index is 9.83. The van der Waals surface area contributed by atoms with E-state index in [-0.39, 0.29) is 0 Å². The number of ether oxygens (including phenoxy) is 1. The molecule has 0 aliphatic carbocycles. The van der Waals surface area contributed by atoms with Crippen molar-refractivity contribution in [1.82, 2.24) is 9.80 Å². The highest BCUT2D eigenvalue weighted by Crippen LogP contribution is 2.15. The van der Waals surface area contributed by atoms with Gasteiger partial charge in [0.2, 0.25) is 0 Å². The lowest BCUT2D eigenvalue weighted by molar-refractivity contribution is 0.0425. The number of aliphatic hydroxyl groups is 1. The van der Waals surface area contributed by atoms with Crippen LogP contribution in [0.25, 0.3) is 0 Å². The van der Waals surface area contributed by atoms with E-state index in [1.807, 2.05) is 33.0 Å². The highest BCUT2D eigenvalue weighted by atomic mass is 16.5. The second-order valence-corrected chi connectivity index (χ2v) is 7.03. The predicted molar refractivity (Wildman–Crippen MR) is 90.2 cm³/mol. The molecule has 1 aromatic rings. The number of hydrogen-bond acceptors (Lipinski definition) is 4. The Hall–Kier alpha value is -1.10. The topological polar surface area (TPSA) is 35.9 Å². The van der Waals surface area contributed by atoms with Crippen LogP contribution < -0.4 is 4.74 Å². The first-order chi connectivity index (χ1) is 10.4. The monoisotopic (exact) mass is 306 g/mol. The van der Waals surface area contributed by atoms with Crippen molar-refractivity contribution in [3.8, 4) is 5.75 Å². The Kier molecular flexibility index (Phi) is 6.24. The average molecular weight is 306 g/mol. The Morgan fingerprint density at radius 3 is 2.41 bits per heavy atom. The number of likely N-dealkylation sites (tertiary alicyclic amines) is 1. The molecule has 1 N–H and O–H groups in total. The van der Waals surface area contributed by atoms with E-state index in [4.69, 9.17) is 4.74 Å². The van der Waals surface area contributed by atoms with Crippen LogP contribution in [0.3, 0.4) is 0 Å². The molecule has 0 saturated carbocycles. The van der Waals surface area contributed by atoms with Crippen LogP contribution in [0.1, 0.15) is 32.3 Å². The minimum Gasteiger partial charge on any atom is -0.492 e. The largest absolute Gasteiger partial charge is 0.492 e. The van der Waals surface area contributed by atoms with Crippen LogP contribution in [-0.4, -0.2) is 60.3 Å². The summed E-state index contributed by atoms with van der Waals surface area (Å²) in [7, 11) is 2.03. The fraction of sp³-hybridized carbons (Fsp3) is 0.667. The standard InChI is InChI=1S/C18H30N2O2/c1-18(2,21)15-19(3)14-16-6-8-17(9-7-16)22-13-12-20-10-4-5-11-20/h6-9,21H,4-5,10-15H2,1-3H3. The van der Waals surface area contributed by atoms with Crippen LogP contribution in [0.2, 0.25) is 0 Å². The van der Waals surface area contributed by atoms with E-state index >= 15 is 0 Å². The lowest BCUT2D eigenvalue weighted by Crippen LogP contribution is -2.35. The number of hydrogen-bond donors (Lipinski definition) is 1. The van der Waals surface area contributed by atoms with Gasteiger partial charge in [0.1, 0.15) is 12.4 Å². The van der Waals surface area contributed by atoms with E-state index in [0.29, 0.717) is 6.54 Å². The van der Waals surface area contributed by atoms with Crippen molar-refractivity contribution in [3.05, 3.63) is 29.8 Å². The highest BCUT2D eigenvalue weighted by Gasteiger charge is 2.15. The van der Waals surface area contributed by atoms with Crippen LogP contribution in [0.15, 0.2) is 24.3 Å². The van der Waals surface area contributed by atoms with Gasteiger partial charge in [-0.25, -0.2) is 0 Å². The third-order valence-corrected chi connectivity index (χ3v) is 3.91. The predicted octanol–water partition coefficient (Wildman–Crippen LogP) is 2.36. The first kappa shape index (κ1) is 17.3. The molecule has 124 valence electrons. The molecular weight excluding hydrogens is 276 g/mol. The molecule has 4 nitrogen and oxygen atoms in total. The minimum atomic E-state index is -0.659. The van der Waals surface area contributed by atoms with E-state index < -0.39 is 5.60 Å². The molecule has 0 radical (unpaired) electrons. The number of likely N-dealkylation sites (N-methyl/N-ethyl adjacent to an activating group) is 1. The van der Waals surface area contributed by atoms with Gasteiger partial charge < -0.3 is 9.84 Å². The molecule has 0 unspecified atom stereocenters. The zero-order valence-corrected chi connectivity index (χ0v) is 14.2. The summed E-state index contributed by atoms with van der Waals surface area (Å²) in [4.78, 5) is 4.59. The van der Waals surface area contributed by atoms with Crippen molar-refractivity contribution in [2.45, 2.75) is 38.8 Å². The summed E-state index contributed by atoms with van der Waals surface area (Å²) >= 11 is 0. The summed E-state index contributed by atoms with van der Waals surface area (Å²) in [6.07, 6.45) is 2.65. The van der Waals surface area contributed by atoms with Crippen molar-refractivity contribution in [2.24, 2.45) is 0 Å².